The van der Waals surface area contributed by atoms with E-state index >= 15 is 0 Å². The lowest BCUT2D eigenvalue weighted by Crippen LogP contribution is -2.52. The summed E-state index contributed by atoms with van der Waals surface area (Å²) in [6, 6.07) is 10.4. The van der Waals surface area contributed by atoms with E-state index in [0.717, 1.165) is 45.3 Å². The Morgan fingerprint density at radius 3 is 2.39 bits per heavy atom. The van der Waals surface area contributed by atoms with Crippen molar-refractivity contribution in [2.75, 3.05) is 19.6 Å². The summed E-state index contributed by atoms with van der Waals surface area (Å²) in [5.74, 6) is 0.0740. The molecule has 28 heavy (non-hydrogen) atoms. The van der Waals surface area contributed by atoms with Gasteiger partial charge in [-0.15, -0.1) is 0 Å². The maximum Gasteiger partial charge on any atom is 0.410 e. The molecular formula is C22H33N3O3. The molecule has 0 spiro atoms. The van der Waals surface area contributed by atoms with E-state index in [-0.39, 0.29) is 18.0 Å². The first-order valence-electron chi connectivity index (χ1n) is 10.4. The molecule has 0 saturated carbocycles. The van der Waals surface area contributed by atoms with Crippen LogP contribution in [0, 0.1) is 0 Å². The number of carbonyl (C=O) groups excluding carboxylic acids is 2. The van der Waals surface area contributed by atoms with Crippen molar-refractivity contribution >= 4 is 12.0 Å². The van der Waals surface area contributed by atoms with Gasteiger partial charge < -0.3 is 15.0 Å². The molecule has 2 heterocycles. The van der Waals surface area contributed by atoms with Crippen molar-refractivity contribution in [1.82, 2.24) is 15.1 Å². The molecule has 1 aromatic rings. The van der Waals surface area contributed by atoms with Crippen LogP contribution in [0.1, 0.15) is 52.0 Å². The van der Waals surface area contributed by atoms with Crippen LogP contribution in [-0.2, 0) is 16.1 Å². The van der Waals surface area contributed by atoms with Crippen molar-refractivity contribution in [2.45, 2.75) is 70.7 Å². The van der Waals surface area contributed by atoms with Gasteiger partial charge in [-0.1, -0.05) is 30.3 Å². The molecule has 6 nitrogen and oxygen atoms in total. The zero-order valence-electron chi connectivity index (χ0n) is 17.3. The van der Waals surface area contributed by atoms with Crippen LogP contribution in [0.5, 0.6) is 0 Å². The summed E-state index contributed by atoms with van der Waals surface area (Å²) >= 11 is 0. The molecule has 0 radical (unpaired) electrons. The number of hydrogen-bond acceptors (Lipinski definition) is 4. The van der Waals surface area contributed by atoms with Gasteiger partial charge in [0.15, 0.2) is 0 Å². The molecule has 3 rings (SSSR count). The van der Waals surface area contributed by atoms with Crippen molar-refractivity contribution in [2.24, 2.45) is 0 Å². The topological polar surface area (TPSA) is 61.9 Å². The Morgan fingerprint density at radius 2 is 1.75 bits per heavy atom. The maximum atomic E-state index is 13.0. The molecule has 2 fully saturated rings. The van der Waals surface area contributed by atoms with Crippen LogP contribution in [-0.4, -0.2) is 59.1 Å². The number of piperidine rings is 1. The Labute approximate surface area is 168 Å². The normalized spacial score (nSPS) is 21.0. The first kappa shape index (κ1) is 20.6. The van der Waals surface area contributed by atoms with Gasteiger partial charge in [-0.2, -0.15) is 0 Å². The maximum absolute atomic E-state index is 13.0. The van der Waals surface area contributed by atoms with E-state index in [1.54, 1.807) is 4.90 Å². The summed E-state index contributed by atoms with van der Waals surface area (Å²) < 4.78 is 5.49. The highest BCUT2D eigenvalue weighted by atomic mass is 16.6. The van der Waals surface area contributed by atoms with Crippen LogP contribution < -0.4 is 5.32 Å². The SMILES string of the molecule is CC(C)(C)OC(=O)N1CCCC1C(=O)N1CCC(NCc2ccccc2)CC1. The van der Waals surface area contributed by atoms with Gasteiger partial charge >= 0.3 is 6.09 Å². The molecule has 2 saturated heterocycles. The number of rotatable bonds is 4. The Bertz CT molecular complexity index is 663. The monoisotopic (exact) mass is 387 g/mol. The second kappa shape index (κ2) is 8.95. The quantitative estimate of drug-likeness (QED) is 0.862. The molecule has 0 bridgehead atoms. The highest BCUT2D eigenvalue weighted by Gasteiger charge is 2.39. The fourth-order valence-electron chi connectivity index (χ4n) is 3.94. The predicted octanol–water partition coefficient (Wildman–Crippen LogP) is 3.17. The molecule has 1 atom stereocenters. The van der Waals surface area contributed by atoms with Crippen molar-refractivity contribution < 1.29 is 14.3 Å². The smallest absolute Gasteiger partial charge is 0.410 e. The molecule has 2 aliphatic rings. The van der Waals surface area contributed by atoms with Gasteiger partial charge in [0.25, 0.3) is 0 Å². The lowest BCUT2D eigenvalue weighted by atomic mass is 10.0. The van der Waals surface area contributed by atoms with E-state index in [1.807, 2.05) is 31.7 Å². The third-order valence-electron chi connectivity index (χ3n) is 5.41. The average molecular weight is 388 g/mol. The van der Waals surface area contributed by atoms with Gasteiger partial charge in [-0.05, 0) is 52.0 Å². The Morgan fingerprint density at radius 1 is 1.07 bits per heavy atom. The first-order chi connectivity index (χ1) is 13.3. The number of ether oxygens (including phenoxy) is 1. The van der Waals surface area contributed by atoms with Gasteiger partial charge in [0, 0.05) is 32.2 Å². The van der Waals surface area contributed by atoms with Crippen LogP contribution in [0.25, 0.3) is 0 Å². The minimum absolute atomic E-state index is 0.0740. The van der Waals surface area contributed by atoms with Crippen molar-refractivity contribution in [3.63, 3.8) is 0 Å². The second-order valence-electron chi connectivity index (χ2n) is 8.80. The average Bonchev–Trinajstić information content (AvgIpc) is 3.16. The summed E-state index contributed by atoms with van der Waals surface area (Å²) in [6.07, 6.45) is 3.09. The molecule has 2 aliphatic heterocycles. The highest BCUT2D eigenvalue weighted by molar-refractivity contribution is 5.86. The minimum Gasteiger partial charge on any atom is -0.444 e. The summed E-state index contributed by atoms with van der Waals surface area (Å²) in [5.41, 5.74) is 0.732. The largest absolute Gasteiger partial charge is 0.444 e. The second-order valence-corrected chi connectivity index (χ2v) is 8.80. The summed E-state index contributed by atoms with van der Waals surface area (Å²) in [5, 5.41) is 3.60. The molecule has 154 valence electrons. The third kappa shape index (κ3) is 5.47. The van der Waals surface area contributed by atoms with E-state index in [0.29, 0.717) is 12.6 Å². The molecule has 1 unspecified atom stereocenters. The van der Waals surface area contributed by atoms with Crippen LogP contribution in [0.15, 0.2) is 30.3 Å². The Kier molecular flexibility index (Phi) is 6.60. The van der Waals surface area contributed by atoms with Gasteiger partial charge in [0.05, 0.1) is 0 Å². The molecule has 1 N–H and O–H groups in total. The lowest BCUT2D eigenvalue weighted by Gasteiger charge is -2.36. The zero-order valence-corrected chi connectivity index (χ0v) is 17.3. The Hall–Kier alpha value is -2.08. The third-order valence-corrected chi connectivity index (χ3v) is 5.41. The van der Waals surface area contributed by atoms with Crippen LogP contribution in [0.4, 0.5) is 4.79 Å². The molecule has 2 amide bonds. The summed E-state index contributed by atoms with van der Waals surface area (Å²) in [6.45, 7) is 8.49. The van der Waals surface area contributed by atoms with Crippen molar-refractivity contribution in [1.29, 1.82) is 0 Å². The number of amides is 2. The molecular weight excluding hydrogens is 354 g/mol. The van der Waals surface area contributed by atoms with Crippen LogP contribution in [0.2, 0.25) is 0 Å². The molecule has 1 aromatic carbocycles. The van der Waals surface area contributed by atoms with Gasteiger partial charge in [-0.25, -0.2) is 4.79 Å². The first-order valence-corrected chi connectivity index (χ1v) is 10.4. The number of benzene rings is 1. The van der Waals surface area contributed by atoms with E-state index in [4.69, 9.17) is 4.74 Å². The summed E-state index contributed by atoms with van der Waals surface area (Å²) in [4.78, 5) is 29.0. The lowest BCUT2D eigenvalue weighted by molar-refractivity contribution is -0.137. The minimum atomic E-state index is -0.546. The van der Waals surface area contributed by atoms with E-state index < -0.39 is 5.60 Å². The summed E-state index contributed by atoms with van der Waals surface area (Å²) in [7, 11) is 0. The molecule has 0 aromatic heterocycles. The zero-order chi connectivity index (χ0) is 20.1. The number of carbonyl (C=O) groups is 2. The van der Waals surface area contributed by atoms with Crippen molar-refractivity contribution in [3.05, 3.63) is 35.9 Å². The van der Waals surface area contributed by atoms with E-state index in [2.05, 4.69) is 29.6 Å². The van der Waals surface area contributed by atoms with Crippen LogP contribution in [0.3, 0.4) is 0 Å². The molecule has 0 aliphatic carbocycles. The predicted molar refractivity (Wildman–Crippen MR) is 109 cm³/mol. The van der Waals surface area contributed by atoms with Gasteiger partial charge in [0.1, 0.15) is 11.6 Å². The number of nitrogens with one attached hydrogen (secondary N) is 1. The number of hydrogen-bond donors (Lipinski definition) is 1. The fourth-order valence-corrected chi connectivity index (χ4v) is 3.94. The van der Waals surface area contributed by atoms with E-state index in [9.17, 15) is 9.59 Å². The van der Waals surface area contributed by atoms with Gasteiger partial charge in [-0.3, -0.25) is 9.69 Å². The van der Waals surface area contributed by atoms with Gasteiger partial charge in [0.2, 0.25) is 5.91 Å². The highest BCUT2D eigenvalue weighted by Crippen LogP contribution is 2.24. The standard InChI is InChI=1S/C22H33N3O3/c1-22(2,3)28-21(27)25-13-7-10-19(25)20(26)24-14-11-18(12-15-24)23-16-17-8-5-4-6-9-17/h4-6,8-9,18-19,23H,7,10-16H2,1-3H3. The van der Waals surface area contributed by atoms with Crippen molar-refractivity contribution in [3.8, 4) is 0 Å². The number of likely N-dealkylation sites (tertiary alicyclic amines) is 2. The molecule has 6 heteroatoms. The van der Waals surface area contributed by atoms with Crippen LogP contribution >= 0.6 is 0 Å². The van der Waals surface area contributed by atoms with E-state index in [1.165, 1.54) is 5.56 Å². The Balaban J connectivity index is 1.48. The number of nitrogens with zero attached hydrogens (tertiary/aromatic N) is 2. The fraction of sp³-hybridized carbons (Fsp3) is 0.636.